The summed E-state index contributed by atoms with van der Waals surface area (Å²) in [4.78, 5) is 22.2. The smallest absolute Gasteiger partial charge is 0.326 e. The fraction of sp³-hybridized carbons (Fsp3) is 0.800. The Morgan fingerprint density at radius 3 is 2.44 bits per heavy atom. The lowest BCUT2D eigenvalue weighted by atomic mass is 10.2. The van der Waals surface area contributed by atoms with E-state index in [-0.39, 0.29) is 18.8 Å². The number of sulfone groups is 1. The van der Waals surface area contributed by atoms with Gasteiger partial charge in [0.25, 0.3) is 0 Å². The van der Waals surface area contributed by atoms with Gasteiger partial charge in [-0.15, -0.1) is 0 Å². The first-order valence-electron chi connectivity index (χ1n) is 5.54. The number of carboxylic acid groups (broad SMARTS) is 1. The van der Waals surface area contributed by atoms with Gasteiger partial charge in [-0.3, -0.25) is 4.79 Å². The van der Waals surface area contributed by atoms with Gasteiger partial charge < -0.3 is 15.2 Å². The number of carbonyl (C=O) groups is 2. The molecule has 0 saturated heterocycles. The summed E-state index contributed by atoms with van der Waals surface area (Å²) in [5.74, 6) is -2.95. The van der Waals surface area contributed by atoms with Crippen molar-refractivity contribution in [2.45, 2.75) is 25.8 Å². The van der Waals surface area contributed by atoms with Crippen LogP contribution in [0.1, 0.15) is 19.8 Å². The molecule has 2 N–H and O–H groups in total. The molecular formula is C10H19NO6S. The minimum atomic E-state index is -3.56. The van der Waals surface area contributed by atoms with Crippen molar-refractivity contribution in [3.63, 3.8) is 0 Å². The lowest BCUT2D eigenvalue weighted by Crippen LogP contribution is -2.43. The van der Waals surface area contributed by atoms with E-state index in [9.17, 15) is 18.0 Å². The summed E-state index contributed by atoms with van der Waals surface area (Å²) in [6, 6.07) is -1.04. The van der Waals surface area contributed by atoms with Crippen LogP contribution in [0, 0.1) is 0 Å². The summed E-state index contributed by atoms with van der Waals surface area (Å²) in [6.45, 7) is 1.78. The average molecular weight is 281 g/mol. The van der Waals surface area contributed by atoms with Crippen LogP contribution >= 0.6 is 0 Å². The molecule has 7 nitrogen and oxygen atoms in total. The summed E-state index contributed by atoms with van der Waals surface area (Å²) < 4.78 is 27.5. The number of amides is 1. The van der Waals surface area contributed by atoms with E-state index in [4.69, 9.17) is 5.11 Å². The van der Waals surface area contributed by atoms with Crippen molar-refractivity contribution in [1.29, 1.82) is 0 Å². The quantitative estimate of drug-likeness (QED) is 0.585. The molecule has 106 valence electrons. The Balaban J connectivity index is 4.36. The van der Waals surface area contributed by atoms with Gasteiger partial charge in [0.1, 0.15) is 11.8 Å². The molecule has 0 rings (SSSR count). The van der Waals surface area contributed by atoms with Crippen LogP contribution in [0.5, 0.6) is 0 Å². The van der Waals surface area contributed by atoms with Gasteiger partial charge in [0, 0.05) is 7.11 Å². The number of carbonyl (C=O) groups excluding carboxylic acids is 1. The second-order valence-corrected chi connectivity index (χ2v) is 6.02. The molecule has 1 unspecified atom stereocenters. The van der Waals surface area contributed by atoms with E-state index in [2.05, 4.69) is 10.1 Å². The van der Waals surface area contributed by atoms with E-state index in [0.29, 0.717) is 6.42 Å². The van der Waals surface area contributed by atoms with Gasteiger partial charge in [-0.1, -0.05) is 13.3 Å². The Morgan fingerprint density at radius 1 is 1.39 bits per heavy atom. The minimum Gasteiger partial charge on any atom is -0.480 e. The highest BCUT2D eigenvalue weighted by Gasteiger charge is 2.22. The van der Waals surface area contributed by atoms with Gasteiger partial charge in [-0.05, 0) is 6.42 Å². The summed E-state index contributed by atoms with van der Waals surface area (Å²) in [6.07, 6.45) is 0.840. The predicted molar refractivity (Wildman–Crippen MR) is 65.0 cm³/mol. The van der Waals surface area contributed by atoms with Crippen LogP contribution in [-0.4, -0.2) is 56.7 Å². The molecule has 1 atom stereocenters. The fourth-order valence-electron chi connectivity index (χ4n) is 1.26. The monoisotopic (exact) mass is 281 g/mol. The SMILES string of the molecule is CCCC(NC(=O)CS(=O)(=O)CCOC)C(=O)O. The fourth-order valence-corrected chi connectivity index (χ4v) is 2.31. The zero-order valence-electron chi connectivity index (χ0n) is 10.5. The average Bonchev–Trinajstić information content (AvgIpc) is 2.25. The third-order valence-corrected chi connectivity index (χ3v) is 3.65. The lowest BCUT2D eigenvalue weighted by molar-refractivity contribution is -0.141. The van der Waals surface area contributed by atoms with Crippen LogP contribution in [0.2, 0.25) is 0 Å². The number of ether oxygens (including phenoxy) is 1. The largest absolute Gasteiger partial charge is 0.480 e. The van der Waals surface area contributed by atoms with E-state index in [1.165, 1.54) is 7.11 Å². The third kappa shape index (κ3) is 7.23. The molecule has 0 saturated carbocycles. The van der Waals surface area contributed by atoms with Crippen molar-refractivity contribution < 1.29 is 27.9 Å². The Labute approximate surface area is 106 Å². The van der Waals surface area contributed by atoms with E-state index in [0.717, 1.165) is 0 Å². The maximum Gasteiger partial charge on any atom is 0.326 e. The van der Waals surface area contributed by atoms with Gasteiger partial charge in [-0.2, -0.15) is 0 Å². The predicted octanol–water partition coefficient (Wildman–Crippen LogP) is -0.583. The first-order valence-corrected chi connectivity index (χ1v) is 7.36. The first-order chi connectivity index (χ1) is 8.32. The molecule has 0 heterocycles. The molecule has 0 aromatic carbocycles. The van der Waals surface area contributed by atoms with Gasteiger partial charge in [0.15, 0.2) is 9.84 Å². The Hall–Kier alpha value is -1.15. The van der Waals surface area contributed by atoms with Crippen LogP contribution in [0.15, 0.2) is 0 Å². The Morgan fingerprint density at radius 2 is 2.00 bits per heavy atom. The van der Waals surface area contributed by atoms with Crippen LogP contribution in [-0.2, 0) is 24.2 Å². The van der Waals surface area contributed by atoms with Crippen LogP contribution in [0.25, 0.3) is 0 Å². The highest BCUT2D eigenvalue weighted by molar-refractivity contribution is 7.92. The van der Waals surface area contributed by atoms with E-state index >= 15 is 0 Å². The van der Waals surface area contributed by atoms with Crippen molar-refractivity contribution >= 4 is 21.7 Å². The molecule has 0 aromatic rings. The summed E-state index contributed by atoms with van der Waals surface area (Å²) in [5.41, 5.74) is 0. The van der Waals surface area contributed by atoms with E-state index in [1.807, 2.05) is 0 Å². The molecule has 0 radical (unpaired) electrons. The number of methoxy groups -OCH3 is 1. The molecule has 8 heteroatoms. The van der Waals surface area contributed by atoms with Gasteiger partial charge in [0.05, 0.1) is 12.4 Å². The van der Waals surface area contributed by atoms with Crippen LogP contribution in [0.4, 0.5) is 0 Å². The maximum atomic E-state index is 11.4. The molecule has 0 spiro atoms. The van der Waals surface area contributed by atoms with E-state index in [1.54, 1.807) is 6.92 Å². The second kappa shape index (κ2) is 8.04. The highest BCUT2D eigenvalue weighted by Crippen LogP contribution is 1.98. The number of rotatable bonds is 9. The highest BCUT2D eigenvalue weighted by atomic mass is 32.2. The topological polar surface area (TPSA) is 110 Å². The Kier molecular flexibility index (Phi) is 7.53. The summed E-state index contributed by atoms with van der Waals surface area (Å²) in [5, 5.41) is 11.0. The minimum absolute atomic E-state index is 0.00688. The van der Waals surface area contributed by atoms with Crippen molar-refractivity contribution in [3.8, 4) is 0 Å². The van der Waals surface area contributed by atoms with Crippen molar-refractivity contribution in [1.82, 2.24) is 5.32 Å². The maximum absolute atomic E-state index is 11.4. The van der Waals surface area contributed by atoms with E-state index < -0.39 is 33.5 Å². The zero-order valence-corrected chi connectivity index (χ0v) is 11.3. The molecule has 18 heavy (non-hydrogen) atoms. The number of carboxylic acids is 1. The number of hydrogen-bond acceptors (Lipinski definition) is 5. The molecule has 0 aromatic heterocycles. The molecule has 0 aliphatic carbocycles. The second-order valence-electron chi connectivity index (χ2n) is 3.83. The normalized spacial score (nSPS) is 13.0. The molecular weight excluding hydrogens is 262 g/mol. The number of hydrogen-bond donors (Lipinski definition) is 2. The summed E-state index contributed by atoms with van der Waals surface area (Å²) >= 11 is 0. The molecule has 0 bridgehead atoms. The molecule has 0 fully saturated rings. The number of aliphatic carboxylic acids is 1. The van der Waals surface area contributed by atoms with Gasteiger partial charge >= 0.3 is 5.97 Å². The number of nitrogens with one attached hydrogen (secondary N) is 1. The molecule has 0 aliphatic rings. The lowest BCUT2D eigenvalue weighted by Gasteiger charge is -2.13. The van der Waals surface area contributed by atoms with Crippen molar-refractivity contribution in [3.05, 3.63) is 0 Å². The van der Waals surface area contributed by atoms with Crippen LogP contribution in [0.3, 0.4) is 0 Å². The molecule has 1 amide bonds. The summed E-state index contributed by atoms with van der Waals surface area (Å²) in [7, 11) is -2.20. The van der Waals surface area contributed by atoms with Crippen molar-refractivity contribution in [2.24, 2.45) is 0 Å². The van der Waals surface area contributed by atoms with Gasteiger partial charge in [0.2, 0.25) is 5.91 Å². The first kappa shape index (κ1) is 16.9. The van der Waals surface area contributed by atoms with Crippen molar-refractivity contribution in [2.75, 3.05) is 25.2 Å². The third-order valence-electron chi connectivity index (χ3n) is 2.16. The molecule has 0 aliphatic heterocycles. The van der Waals surface area contributed by atoms with Gasteiger partial charge in [-0.25, -0.2) is 13.2 Å². The van der Waals surface area contributed by atoms with Crippen LogP contribution < -0.4 is 5.32 Å². The standard InChI is InChI=1S/C10H19NO6S/c1-3-4-8(10(13)14)11-9(12)7-18(15,16)6-5-17-2/h8H,3-7H2,1-2H3,(H,11,12)(H,13,14). The Bertz CT molecular complexity index is 378. The zero-order chi connectivity index (χ0) is 14.2.